The van der Waals surface area contributed by atoms with Crippen molar-refractivity contribution in [3.63, 3.8) is 0 Å². The Hall–Kier alpha value is -0.270. The lowest BCUT2D eigenvalue weighted by molar-refractivity contribution is -0.916. The lowest BCUT2D eigenvalue weighted by Crippen LogP contribution is -2.53. The van der Waals surface area contributed by atoms with E-state index >= 15 is 0 Å². The Kier molecular flexibility index (Phi) is 17.6. The van der Waals surface area contributed by atoms with E-state index in [4.69, 9.17) is 18.5 Å². The molecule has 7 nitrogen and oxygen atoms in total. The van der Waals surface area contributed by atoms with Crippen LogP contribution in [0.3, 0.4) is 0 Å². The first-order valence-corrected chi connectivity index (χ1v) is 16.7. The topological polar surface area (TPSA) is 74.2 Å². The Morgan fingerprint density at radius 2 is 1.46 bits per heavy atom. The molecule has 37 heavy (non-hydrogen) atoms. The van der Waals surface area contributed by atoms with Crippen molar-refractivity contribution < 1.29 is 32.5 Å². The van der Waals surface area contributed by atoms with Gasteiger partial charge in [-0.3, -0.25) is 9.05 Å². The van der Waals surface area contributed by atoms with Crippen LogP contribution in [0.15, 0.2) is 11.6 Å². The number of allylic oxidation sites excluding steroid dienone is 2. The number of phosphoric acid groups is 1. The van der Waals surface area contributed by atoms with Crippen LogP contribution in [0, 0.1) is 0 Å². The van der Waals surface area contributed by atoms with Gasteiger partial charge in [-0.05, 0) is 38.5 Å². The summed E-state index contributed by atoms with van der Waals surface area (Å²) in [6.07, 6.45) is 23.5. The van der Waals surface area contributed by atoms with Crippen molar-refractivity contribution >= 4 is 7.82 Å². The quantitative estimate of drug-likeness (QED) is 0.0711. The molecule has 0 radical (unpaired) electrons. The minimum Gasteiger partial charge on any atom is -0.376 e. The fraction of sp³-hybridized carbons (Fsp3) is 0.931. The Bertz CT molecular complexity index is 642. The zero-order chi connectivity index (χ0) is 26.7. The molecular weight excluding hydrogens is 489 g/mol. The molecule has 1 N–H and O–H groups in total. The fourth-order valence-corrected chi connectivity index (χ4v) is 5.93. The minimum atomic E-state index is -4.03. The molecule has 0 aromatic carbocycles. The van der Waals surface area contributed by atoms with Crippen molar-refractivity contribution in [3.8, 4) is 0 Å². The van der Waals surface area contributed by atoms with Crippen molar-refractivity contribution in [2.75, 3.05) is 59.7 Å². The van der Waals surface area contributed by atoms with Gasteiger partial charge in [0.1, 0.15) is 26.2 Å². The number of morpholine rings is 1. The van der Waals surface area contributed by atoms with E-state index in [0.29, 0.717) is 13.2 Å². The summed E-state index contributed by atoms with van der Waals surface area (Å²) in [5.74, 6) is 0. The van der Waals surface area contributed by atoms with E-state index in [-0.39, 0.29) is 19.3 Å². The number of phosphoric ester groups is 1. The summed E-state index contributed by atoms with van der Waals surface area (Å²) in [5.41, 5.74) is 1.58. The van der Waals surface area contributed by atoms with Crippen LogP contribution in [-0.4, -0.2) is 75.2 Å². The van der Waals surface area contributed by atoms with Gasteiger partial charge in [-0.2, -0.15) is 0 Å². The Labute approximate surface area is 227 Å². The monoisotopic (exact) mass is 546 g/mol. The summed E-state index contributed by atoms with van der Waals surface area (Å²) in [4.78, 5) is 9.93. The van der Waals surface area contributed by atoms with Crippen LogP contribution in [0.5, 0.6) is 0 Å². The summed E-state index contributed by atoms with van der Waals surface area (Å²) in [6.45, 7) is 6.77. The van der Waals surface area contributed by atoms with Crippen molar-refractivity contribution in [2.24, 2.45) is 0 Å². The lowest BCUT2D eigenvalue weighted by Gasteiger charge is -2.37. The molecule has 1 saturated carbocycles. The average Bonchev–Trinajstić information content (AvgIpc) is 2.88. The number of hydrogen-bond donors (Lipinski definition) is 1. The van der Waals surface area contributed by atoms with Gasteiger partial charge in [0.25, 0.3) is 0 Å². The summed E-state index contributed by atoms with van der Waals surface area (Å²) in [6, 6.07) is 0. The van der Waals surface area contributed by atoms with Crippen molar-refractivity contribution in [1.82, 2.24) is 0 Å². The van der Waals surface area contributed by atoms with Gasteiger partial charge >= 0.3 is 7.82 Å². The molecule has 2 fully saturated rings. The highest BCUT2D eigenvalue weighted by Crippen LogP contribution is 2.43. The van der Waals surface area contributed by atoms with Crippen LogP contribution >= 0.6 is 7.82 Å². The first kappa shape index (κ1) is 32.9. The van der Waals surface area contributed by atoms with E-state index in [1.807, 2.05) is 0 Å². The van der Waals surface area contributed by atoms with Gasteiger partial charge in [-0.25, -0.2) is 4.57 Å². The number of hydrogen-bond acceptors (Lipinski definition) is 5. The van der Waals surface area contributed by atoms with E-state index in [1.165, 1.54) is 77.0 Å². The lowest BCUT2D eigenvalue weighted by atomic mass is 9.91. The summed E-state index contributed by atoms with van der Waals surface area (Å²) in [7, 11) is -1.92. The molecule has 2 rings (SSSR count). The normalized spacial score (nSPS) is 21.6. The zero-order valence-corrected chi connectivity index (χ0v) is 24.9. The minimum absolute atomic E-state index is 0.0752. The number of likely N-dealkylation sites (N-methyl/N-ethyl adjacent to an activating group) is 1. The summed E-state index contributed by atoms with van der Waals surface area (Å²) >= 11 is 0. The van der Waals surface area contributed by atoms with Gasteiger partial charge < -0.3 is 18.9 Å². The van der Waals surface area contributed by atoms with E-state index in [0.717, 1.165) is 56.5 Å². The largest absolute Gasteiger partial charge is 0.472 e. The molecule has 0 aromatic rings. The third-order valence-electron chi connectivity index (χ3n) is 7.94. The number of rotatable bonds is 21. The van der Waals surface area contributed by atoms with Crippen LogP contribution in [0.4, 0.5) is 0 Å². The van der Waals surface area contributed by atoms with Crippen LogP contribution in [0.25, 0.3) is 0 Å². The number of nitrogens with zero attached hydrogens (tertiary/aromatic N) is 1. The molecule has 1 aliphatic heterocycles. The SMILES string of the molecule is CCCCCCCCCCCCCC=C1CCC(OCCOP(=O)(O)OCC[N+]2(C)CCOCC2)CC1. The average molecular weight is 547 g/mol. The second-order valence-corrected chi connectivity index (χ2v) is 12.7. The third kappa shape index (κ3) is 16.4. The highest BCUT2D eigenvalue weighted by Gasteiger charge is 2.28. The maximum Gasteiger partial charge on any atom is 0.472 e. The molecule has 218 valence electrons. The molecule has 1 aliphatic carbocycles. The first-order chi connectivity index (χ1) is 17.9. The second kappa shape index (κ2) is 19.7. The van der Waals surface area contributed by atoms with Gasteiger partial charge in [-0.15, -0.1) is 0 Å². The van der Waals surface area contributed by atoms with E-state index < -0.39 is 7.82 Å². The van der Waals surface area contributed by atoms with Gasteiger partial charge in [0, 0.05) is 0 Å². The Morgan fingerprint density at radius 1 is 0.892 bits per heavy atom. The second-order valence-electron chi connectivity index (χ2n) is 11.3. The van der Waals surface area contributed by atoms with Crippen molar-refractivity contribution in [1.29, 1.82) is 0 Å². The number of unbranched alkanes of at least 4 members (excludes halogenated alkanes) is 11. The molecule has 0 aromatic heterocycles. The van der Waals surface area contributed by atoms with Crippen molar-refractivity contribution in [2.45, 2.75) is 116 Å². The smallest absolute Gasteiger partial charge is 0.376 e. The van der Waals surface area contributed by atoms with Crippen LogP contribution in [-0.2, 0) is 23.1 Å². The van der Waals surface area contributed by atoms with E-state index in [2.05, 4.69) is 20.0 Å². The van der Waals surface area contributed by atoms with Gasteiger partial charge in [-0.1, -0.05) is 82.8 Å². The fourth-order valence-electron chi connectivity index (χ4n) is 5.24. The maximum absolute atomic E-state index is 12.1. The first-order valence-electron chi connectivity index (χ1n) is 15.3. The van der Waals surface area contributed by atoms with Crippen LogP contribution < -0.4 is 0 Å². The van der Waals surface area contributed by atoms with E-state index in [1.54, 1.807) is 5.57 Å². The van der Waals surface area contributed by atoms with Crippen molar-refractivity contribution in [3.05, 3.63) is 11.6 Å². The van der Waals surface area contributed by atoms with Gasteiger partial charge in [0.2, 0.25) is 0 Å². The molecule has 0 bridgehead atoms. The van der Waals surface area contributed by atoms with Crippen LogP contribution in [0.2, 0.25) is 0 Å². The van der Waals surface area contributed by atoms with Gasteiger partial charge in [0.05, 0.1) is 39.6 Å². The molecule has 0 amide bonds. The predicted molar refractivity (Wildman–Crippen MR) is 151 cm³/mol. The maximum atomic E-state index is 12.1. The predicted octanol–water partition coefficient (Wildman–Crippen LogP) is 7.18. The summed E-state index contributed by atoms with van der Waals surface area (Å²) < 4.78 is 34.5. The standard InChI is InChI=1S/C29H56NO6P/c1-3-4-5-6-7-8-9-10-11-12-13-14-15-28-16-18-29(19-17-28)34-26-27-36-37(31,32)35-25-22-30(2)20-23-33-24-21-30/h15,29H,3-14,16-27H2,1-2H3/p+1. The van der Waals surface area contributed by atoms with E-state index in [9.17, 15) is 9.46 Å². The molecule has 2 aliphatic rings. The van der Waals surface area contributed by atoms with Gasteiger partial charge in [0.15, 0.2) is 0 Å². The molecular formula is C29H57NO6P+. The molecule has 1 unspecified atom stereocenters. The third-order valence-corrected chi connectivity index (χ3v) is 8.96. The molecule has 0 spiro atoms. The Morgan fingerprint density at radius 3 is 2.08 bits per heavy atom. The highest BCUT2D eigenvalue weighted by molar-refractivity contribution is 7.47. The summed E-state index contributed by atoms with van der Waals surface area (Å²) in [5, 5.41) is 0. The Balaban J connectivity index is 1.41. The molecule has 1 heterocycles. The number of ether oxygens (including phenoxy) is 2. The molecule has 1 saturated heterocycles. The zero-order valence-electron chi connectivity index (χ0n) is 24.0. The number of quaternary nitrogens is 1. The molecule has 8 heteroatoms. The van der Waals surface area contributed by atoms with Crippen LogP contribution in [0.1, 0.15) is 110 Å². The highest BCUT2D eigenvalue weighted by atomic mass is 31.2. The molecule has 1 atom stereocenters.